The summed E-state index contributed by atoms with van der Waals surface area (Å²) >= 11 is 0. The van der Waals surface area contributed by atoms with E-state index in [1.165, 1.54) is 12.1 Å². The second kappa shape index (κ2) is 4.61. The molecule has 0 unspecified atom stereocenters. The summed E-state index contributed by atoms with van der Waals surface area (Å²) in [5.41, 5.74) is 1.25. The number of benzene rings is 1. The first-order valence-corrected chi connectivity index (χ1v) is 5.79. The number of aromatic nitrogens is 4. The normalized spacial score (nSPS) is 10.8. The van der Waals surface area contributed by atoms with E-state index < -0.39 is 4.92 Å². The van der Waals surface area contributed by atoms with Crippen molar-refractivity contribution in [3.05, 3.63) is 40.0 Å². The average Bonchev–Trinajstić information content (AvgIpc) is 3.00. The van der Waals surface area contributed by atoms with Gasteiger partial charge in [-0.3, -0.25) is 10.1 Å². The van der Waals surface area contributed by atoms with E-state index in [1.54, 1.807) is 13.0 Å². The number of nitro benzene ring substituents is 1. The van der Waals surface area contributed by atoms with Crippen molar-refractivity contribution >= 4 is 22.7 Å². The van der Waals surface area contributed by atoms with Crippen LogP contribution in [0.25, 0.3) is 11.0 Å². The van der Waals surface area contributed by atoms with Crippen molar-refractivity contribution < 1.29 is 9.45 Å². The summed E-state index contributed by atoms with van der Waals surface area (Å²) in [6.45, 7) is 2.05. The van der Waals surface area contributed by atoms with Gasteiger partial charge in [0.2, 0.25) is 11.8 Å². The second-order valence-corrected chi connectivity index (χ2v) is 4.13. The summed E-state index contributed by atoms with van der Waals surface area (Å²) < 4.78 is 4.85. The molecule has 9 heteroatoms. The van der Waals surface area contributed by atoms with Gasteiger partial charge < -0.3 is 14.8 Å². The highest BCUT2D eigenvalue weighted by Gasteiger charge is 2.10. The molecule has 9 nitrogen and oxygen atoms in total. The van der Waals surface area contributed by atoms with Crippen molar-refractivity contribution in [2.24, 2.45) is 0 Å². The number of H-pyrrole nitrogens is 1. The molecule has 0 aliphatic carbocycles. The molecular formula is C11H10N6O3. The van der Waals surface area contributed by atoms with Crippen molar-refractivity contribution in [3.8, 4) is 0 Å². The van der Waals surface area contributed by atoms with E-state index in [2.05, 4.69) is 25.4 Å². The van der Waals surface area contributed by atoms with Gasteiger partial charge in [-0.2, -0.15) is 4.98 Å². The number of nitrogens with one attached hydrogen (secondary N) is 2. The number of anilines is 1. The number of imidazole rings is 1. The zero-order valence-corrected chi connectivity index (χ0v) is 10.5. The minimum Gasteiger partial charge on any atom is -0.348 e. The predicted molar refractivity (Wildman–Crippen MR) is 69.1 cm³/mol. The molecule has 3 aromatic rings. The fourth-order valence-electron chi connectivity index (χ4n) is 1.77. The number of nitrogens with zero attached hydrogens (tertiary/aromatic N) is 4. The van der Waals surface area contributed by atoms with E-state index in [1.807, 2.05) is 0 Å². The molecule has 2 aromatic heterocycles. The largest absolute Gasteiger partial charge is 0.348 e. The van der Waals surface area contributed by atoms with Crippen molar-refractivity contribution in [2.45, 2.75) is 13.5 Å². The molecule has 0 aliphatic heterocycles. The number of rotatable bonds is 4. The SMILES string of the molecule is Cc1nc(CNc2nc3ccc([N+](=O)[O-])cc3[nH]2)no1. The number of aryl methyl sites for hydroxylation is 1. The summed E-state index contributed by atoms with van der Waals surface area (Å²) in [5.74, 6) is 1.49. The minimum atomic E-state index is -0.449. The molecular weight excluding hydrogens is 264 g/mol. The van der Waals surface area contributed by atoms with Crippen LogP contribution in [0.3, 0.4) is 0 Å². The third-order valence-electron chi connectivity index (χ3n) is 2.66. The zero-order valence-electron chi connectivity index (χ0n) is 10.5. The highest BCUT2D eigenvalue weighted by Crippen LogP contribution is 2.20. The van der Waals surface area contributed by atoms with Gasteiger partial charge in [-0.05, 0) is 6.07 Å². The third kappa shape index (κ3) is 2.28. The van der Waals surface area contributed by atoms with E-state index in [4.69, 9.17) is 4.52 Å². The van der Waals surface area contributed by atoms with Crippen LogP contribution in [0.1, 0.15) is 11.7 Å². The first kappa shape index (κ1) is 12.1. The molecule has 0 atom stereocenters. The molecule has 102 valence electrons. The molecule has 0 spiro atoms. The summed E-state index contributed by atoms with van der Waals surface area (Å²) in [4.78, 5) is 21.5. The maximum atomic E-state index is 10.7. The Labute approximate surface area is 112 Å². The smallest absolute Gasteiger partial charge is 0.271 e. The fourth-order valence-corrected chi connectivity index (χ4v) is 1.77. The molecule has 20 heavy (non-hydrogen) atoms. The number of hydrogen-bond acceptors (Lipinski definition) is 7. The summed E-state index contributed by atoms with van der Waals surface area (Å²) in [5, 5.41) is 17.4. The Morgan fingerprint density at radius 3 is 3.00 bits per heavy atom. The standard InChI is InChI=1S/C11H10N6O3/c1-6-13-10(16-20-6)5-12-11-14-8-3-2-7(17(18)19)4-9(8)15-11/h2-4H,5H2,1H3,(H2,12,14,15). The van der Waals surface area contributed by atoms with Crippen molar-refractivity contribution in [1.29, 1.82) is 0 Å². The van der Waals surface area contributed by atoms with Crippen LogP contribution in [0, 0.1) is 17.0 Å². The maximum absolute atomic E-state index is 10.7. The fraction of sp³-hybridized carbons (Fsp3) is 0.182. The van der Waals surface area contributed by atoms with Crippen molar-refractivity contribution in [2.75, 3.05) is 5.32 Å². The van der Waals surface area contributed by atoms with Crippen molar-refractivity contribution in [3.63, 3.8) is 0 Å². The predicted octanol–water partition coefficient (Wildman–Crippen LogP) is 1.77. The second-order valence-electron chi connectivity index (χ2n) is 4.13. The van der Waals surface area contributed by atoms with Crippen LogP contribution in [0.2, 0.25) is 0 Å². The molecule has 3 rings (SSSR count). The zero-order chi connectivity index (χ0) is 14.1. The molecule has 0 fully saturated rings. The number of nitro groups is 1. The average molecular weight is 274 g/mol. The van der Waals surface area contributed by atoms with Crippen LogP contribution in [-0.4, -0.2) is 25.0 Å². The van der Waals surface area contributed by atoms with Crippen LogP contribution in [0.4, 0.5) is 11.6 Å². The van der Waals surface area contributed by atoms with Crippen LogP contribution in [0.5, 0.6) is 0 Å². The lowest BCUT2D eigenvalue weighted by Gasteiger charge is -1.96. The molecule has 0 aliphatic rings. The van der Waals surface area contributed by atoms with Crippen LogP contribution < -0.4 is 5.32 Å². The Balaban J connectivity index is 1.80. The number of non-ortho nitro benzene ring substituents is 1. The van der Waals surface area contributed by atoms with E-state index >= 15 is 0 Å². The van der Waals surface area contributed by atoms with Gasteiger partial charge in [-0.25, -0.2) is 4.98 Å². The van der Waals surface area contributed by atoms with E-state index in [0.29, 0.717) is 35.2 Å². The third-order valence-corrected chi connectivity index (χ3v) is 2.66. The molecule has 0 saturated heterocycles. The van der Waals surface area contributed by atoms with Crippen molar-refractivity contribution in [1.82, 2.24) is 20.1 Å². The Kier molecular flexibility index (Phi) is 2.78. The number of aromatic amines is 1. The summed E-state index contributed by atoms with van der Waals surface area (Å²) in [6, 6.07) is 4.44. The van der Waals surface area contributed by atoms with Crippen LogP contribution in [-0.2, 0) is 6.54 Å². The highest BCUT2D eigenvalue weighted by molar-refractivity contribution is 5.79. The lowest BCUT2D eigenvalue weighted by atomic mass is 10.3. The molecule has 0 amide bonds. The topological polar surface area (TPSA) is 123 Å². The summed E-state index contributed by atoms with van der Waals surface area (Å²) in [7, 11) is 0. The number of hydrogen-bond donors (Lipinski definition) is 2. The molecule has 0 bridgehead atoms. The monoisotopic (exact) mass is 274 g/mol. The minimum absolute atomic E-state index is 0.0153. The summed E-state index contributed by atoms with van der Waals surface area (Å²) in [6.07, 6.45) is 0. The molecule has 1 aromatic carbocycles. The lowest BCUT2D eigenvalue weighted by Crippen LogP contribution is -2.02. The van der Waals surface area contributed by atoms with E-state index in [9.17, 15) is 10.1 Å². The Morgan fingerprint density at radius 1 is 1.45 bits per heavy atom. The van der Waals surface area contributed by atoms with Gasteiger partial charge in [0.25, 0.3) is 5.69 Å². The molecule has 2 heterocycles. The van der Waals surface area contributed by atoms with Gasteiger partial charge in [0.15, 0.2) is 5.82 Å². The first-order chi connectivity index (χ1) is 9.61. The van der Waals surface area contributed by atoms with Gasteiger partial charge in [0, 0.05) is 19.1 Å². The van der Waals surface area contributed by atoms with E-state index in [-0.39, 0.29) is 5.69 Å². The Hall–Kier alpha value is -2.97. The van der Waals surface area contributed by atoms with Gasteiger partial charge in [0.05, 0.1) is 22.5 Å². The quantitative estimate of drug-likeness (QED) is 0.549. The van der Waals surface area contributed by atoms with Gasteiger partial charge in [-0.1, -0.05) is 5.16 Å². The molecule has 0 saturated carbocycles. The lowest BCUT2D eigenvalue weighted by molar-refractivity contribution is -0.384. The number of fused-ring (bicyclic) bond motifs is 1. The van der Waals surface area contributed by atoms with Gasteiger partial charge >= 0.3 is 0 Å². The maximum Gasteiger partial charge on any atom is 0.271 e. The highest BCUT2D eigenvalue weighted by atomic mass is 16.6. The van der Waals surface area contributed by atoms with E-state index in [0.717, 1.165) is 0 Å². The van der Waals surface area contributed by atoms with Crippen LogP contribution in [0.15, 0.2) is 22.7 Å². The molecule has 0 radical (unpaired) electrons. The Bertz CT molecular complexity index is 777. The molecule has 2 N–H and O–H groups in total. The first-order valence-electron chi connectivity index (χ1n) is 5.79. The van der Waals surface area contributed by atoms with Gasteiger partial charge in [0.1, 0.15) is 0 Å². The Morgan fingerprint density at radius 2 is 2.30 bits per heavy atom. The van der Waals surface area contributed by atoms with Crippen LogP contribution >= 0.6 is 0 Å². The van der Waals surface area contributed by atoms with Gasteiger partial charge in [-0.15, -0.1) is 0 Å².